The fourth-order valence-electron chi connectivity index (χ4n) is 1.84. The Balaban J connectivity index is 2.40. The summed E-state index contributed by atoms with van der Waals surface area (Å²) in [6, 6.07) is 2.45. The van der Waals surface area contributed by atoms with Crippen molar-refractivity contribution in [1.82, 2.24) is 5.32 Å². The van der Waals surface area contributed by atoms with Crippen LogP contribution in [-0.2, 0) is 4.79 Å². The van der Waals surface area contributed by atoms with E-state index < -0.39 is 29.8 Å². The molecule has 1 amide bonds. The van der Waals surface area contributed by atoms with Crippen LogP contribution >= 0.6 is 0 Å². The van der Waals surface area contributed by atoms with Crippen LogP contribution in [0.25, 0.3) is 0 Å². The van der Waals surface area contributed by atoms with Gasteiger partial charge in [0.15, 0.2) is 0 Å². The fraction of sp³-hybridized carbons (Fsp3) is 0.273. The highest BCUT2D eigenvalue weighted by Crippen LogP contribution is 2.43. The first kappa shape index (κ1) is 13.4. The molecule has 1 aromatic rings. The Morgan fingerprint density at radius 2 is 1.79 bits per heavy atom. The molecule has 0 fully saturated rings. The molecule has 1 aromatic carbocycles. The van der Waals surface area contributed by atoms with Gasteiger partial charge in [-0.05, 0) is 5.56 Å². The number of fused-ring (bicyclic) bond motifs is 1. The number of halogens is 5. The third-order valence-electron chi connectivity index (χ3n) is 2.71. The van der Waals surface area contributed by atoms with E-state index in [2.05, 4.69) is 0 Å². The van der Waals surface area contributed by atoms with E-state index in [1.165, 1.54) is 12.1 Å². The molecule has 0 saturated carbocycles. The number of hydrogen-bond donors (Lipinski definition) is 1. The normalized spacial score (nSPS) is 21.1. The lowest BCUT2D eigenvalue weighted by atomic mass is 10.1. The predicted octanol–water partition coefficient (Wildman–Crippen LogP) is 2.24. The molecule has 19 heavy (non-hydrogen) atoms. The minimum absolute atomic E-state index is 0.324. The zero-order chi connectivity index (χ0) is 14.4. The Hall–Kier alpha value is -1.99. The van der Waals surface area contributed by atoms with Crippen LogP contribution in [0, 0.1) is 0 Å². The highest BCUT2D eigenvalue weighted by atomic mass is 19.4. The van der Waals surface area contributed by atoms with E-state index in [-0.39, 0.29) is 11.1 Å². The summed E-state index contributed by atoms with van der Waals surface area (Å²) in [5, 5.41) is 1.16. The van der Waals surface area contributed by atoms with Crippen molar-refractivity contribution in [2.45, 2.75) is 18.1 Å². The number of Topliss-reactive ketones (excluding diaryl/α,β-unsaturated/α-hetero) is 1. The molecule has 1 N–H and O–H groups in total. The molecule has 0 radical (unpaired) electrons. The van der Waals surface area contributed by atoms with Crippen molar-refractivity contribution in [3.63, 3.8) is 0 Å². The van der Waals surface area contributed by atoms with Crippen molar-refractivity contribution in [1.29, 1.82) is 0 Å². The predicted molar refractivity (Wildman–Crippen MR) is 52.7 cm³/mol. The van der Waals surface area contributed by atoms with Crippen LogP contribution in [0.1, 0.15) is 22.0 Å². The molecule has 8 heteroatoms. The summed E-state index contributed by atoms with van der Waals surface area (Å²) in [7, 11) is 0. The average Bonchev–Trinajstić information content (AvgIpc) is 2.50. The summed E-state index contributed by atoms with van der Waals surface area (Å²) in [4.78, 5) is 22.1. The van der Waals surface area contributed by atoms with Crippen molar-refractivity contribution >= 4 is 11.7 Å². The molecule has 0 aromatic heterocycles. The highest BCUT2D eigenvalue weighted by molar-refractivity contribution is 6.07. The van der Waals surface area contributed by atoms with Crippen molar-refractivity contribution in [2.24, 2.45) is 0 Å². The maximum absolute atomic E-state index is 13.6. The molecule has 0 aliphatic heterocycles. The third-order valence-corrected chi connectivity index (χ3v) is 2.71. The van der Waals surface area contributed by atoms with Gasteiger partial charge in [-0.3, -0.25) is 9.59 Å². The van der Waals surface area contributed by atoms with Gasteiger partial charge in [0.05, 0.1) is 0 Å². The third kappa shape index (κ3) is 2.06. The second-order valence-electron chi connectivity index (χ2n) is 3.94. The Bertz CT molecular complexity index is 552. The molecule has 0 spiro atoms. The molecule has 102 valence electrons. The molecule has 1 unspecified atom stereocenters. The molecule has 0 saturated heterocycles. The monoisotopic (exact) mass is 279 g/mol. The number of hydrogen-bond acceptors (Lipinski definition) is 2. The smallest absolute Gasteiger partial charge is 0.335 e. The number of amides is 1. The first-order valence-electron chi connectivity index (χ1n) is 5.05. The number of carbonyl (C=O) groups is 2. The highest BCUT2D eigenvalue weighted by Gasteiger charge is 2.57. The Morgan fingerprint density at radius 1 is 1.21 bits per heavy atom. The first-order valence-corrected chi connectivity index (χ1v) is 5.05. The van der Waals surface area contributed by atoms with Crippen LogP contribution in [-0.4, -0.2) is 23.8 Å². The lowest BCUT2D eigenvalue weighted by Gasteiger charge is -2.20. The van der Waals surface area contributed by atoms with Gasteiger partial charge in [0.1, 0.15) is 6.04 Å². The number of rotatable bonds is 1. The minimum atomic E-state index is -5.29. The lowest BCUT2D eigenvalue weighted by Crippen LogP contribution is -2.45. The Morgan fingerprint density at radius 3 is 2.37 bits per heavy atom. The zero-order valence-corrected chi connectivity index (χ0v) is 9.09. The van der Waals surface area contributed by atoms with Crippen LogP contribution in [0.15, 0.2) is 24.3 Å². The van der Waals surface area contributed by atoms with Crippen LogP contribution in [0.2, 0.25) is 0 Å². The largest absolute Gasteiger partial charge is 0.471 e. The lowest BCUT2D eigenvalue weighted by molar-refractivity contribution is -0.176. The summed E-state index contributed by atoms with van der Waals surface area (Å²) < 4.78 is 63.5. The standard InChI is InChI=1S/C11H6F5NO2/c12-10(13)7(17-9(19)11(14,15)16)5-3-1-2-4-6(5)8(10)18/h1-4,7H,(H,17,19). The average molecular weight is 279 g/mol. The summed E-state index contributed by atoms with van der Waals surface area (Å²) in [5.74, 6) is -8.21. The second kappa shape index (κ2) is 4.01. The van der Waals surface area contributed by atoms with Crippen molar-refractivity contribution in [3.05, 3.63) is 35.4 Å². The summed E-state index contributed by atoms with van der Waals surface area (Å²) in [6.45, 7) is 0. The van der Waals surface area contributed by atoms with Crippen LogP contribution in [0.5, 0.6) is 0 Å². The van der Waals surface area contributed by atoms with Crippen molar-refractivity contribution < 1.29 is 31.5 Å². The number of ketones is 1. The minimum Gasteiger partial charge on any atom is -0.335 e. The summed E-state index contributed by atoms with van der Waals surface area (Å²) >= 11 is 0. The molecule has 0 heterocycles. The van der Waals surface area contributed by atoms with Gasteiger partial charge in [0, 0.05) is 5.56 Å². The quantitative estimate of drug-likeness (QED) is 0.801. The Labute approximate surface area is 103 Å². The SMILES string of the molecule is O=C(NC1c2ccccc2C(=O)C1(F)F)C(F)(F)F. The van der Waals surface area contributed by atoms with Gasteiger partial charge < -0.3 is 5.32 Å². The molecular weight excluding hydrogens is 273 g/mol. The van der Waals surface area contributed by atoms with Crippen molar-refractivity contribution in [3.8, 4) is 0 Å². The molecular formula is C11H6F5NO2. The Kier molecular flexibility index (Phi) is 2.83. The molecule has 0 bridgehead atoms. The number of carbonyl (C=O) groups excluding carboxylic acids is 2. The van der Waals surface area contributed by atoms with Crippen LogP contribution in [0.4, 0.5) is 22.0 Å². The number of nitrogens with one attached hydrogen (secondary N) is 1. The van der Waals surface area contributed by atoms with Gasteiger partial charge in [0.25, 0.3) is 0 Å². The van der Waals surface area contributed by atoms with Gasteiger partial charge in [-0.15, -0.1) is 0 Å². The van der Waals surface area contributed by atoms with Gasteiger partial charge in [-0.2, -0.15) is 22.0 Å². The summed E-state index contributed by atoms with van der Waals surface area (Å²) in [5.41, 5.74) is -0.713. The van der Waals surface area contributed by atoms with E-state index in [1.54, 1.807) is 0 Å². The first-order chi connectivity index (χ1) is 8.65. The molecule has 1 aliphatic carbocycles. The zero-order valence-electron chi connectivity index (χ0n) is 9.09. The molecule has 2 rings (SSSR count). The van der Waals surface area contributed by atoms with E-state index >= 15 is 0 Å². The van der Waals surface area contributed by atoms with E-state index in [0.29, 0.717) is 0 Å². The van der Waals surface area contributed by atoms with E-state index in [0.717, 1.165) is 17.4 Å². The molecule has 3 nitrogen and oxygen atoms in total. The maximum Gasteiger partial charge on any atom is 0.471 e. The summed E-state index contributed by atoms with van der Waals surface area (Å²) in [6.07, 6.45) is -5.29. The van der Waals surface area contributed by atoms with Gasteiger partial charge in [0.2, 0.25) is 5.78 Å². The topological polar surface area (TPSA) is 46.2 Å². The number of alkyl halides is 5. The second-order valence-corrected chi connectivity index (χ2v) is 3.94. The number of benzene rings is 1. The van der Waals surface area contributed by atoms with Gasteiger partial charge in [-0.1, -0.05) is 24.3 Å². The van der Waals surface area contributed by atoms with E-state index in [9.17, 15) is 31.5 Å². The van der Waals surface area contributed by atoms with E-state index in [4.69, 9.17) is 0 Å². The van der Waals surface area contributed by atoms with Crippen LogP contribution in [0.3, 0.4) is 0 Å². The van der Waals surface area contributed by atoms with Crippen molar-refractivity contribution in [2.75, 3.05) is 0 Å². The molecule has 1 aliphatic rings. The fourth-order valence-corrected chi connectivity index (χ4v) is 1.84. The van der Waals surface area contributed by atoms with Gasteiger partial charge >= 0.3 is 18.0 Å². The maximum atomic E-state index is 13.6. The van der Waals surface area contributed by atoms with Gasteiger partial charge in [-0.25, -0.2) is 0 Å². The van der Waals surface area contributed by atoms with Crippen LogP contribution < -0.4 is 5.32 Å². The molecule has 1 atom stereocenters. The van der Waals surface area contributed by atoms with E-state index in [1.807, 2.05) is 0 Å².